The average molecular weight is 346 g/mol. The minimum atomic E-state index is -0.753. The molecule has 0 fully saturated rings. The Bertz CT molecular complexity index is 755. The Balaban J connectivity index is 1.80. The summed E-state index contributed by atoms with van der Waals surface area (Å²) in [4.78, 5) is 35.3. The lowest BCUT2D eigenvalue weighted by Gasteiger charge is -2.10. The first-order chi connectivity index (χ1) is 12.0. The van der Waals surface area contributed by atoms with Crippen LogP contribution in [0.25, 0.3) is 0 Å². The fourth-order valence-electron chi connectivity index (χ4n) is 1.98. The topological polar surface area (TPSA) is 107 Å². The number of hydrogen-bond acceptors (Lipinski definition) is 6. The summed E-state index contributed by atoms with van der Waals surface area (Å²) in [6.45, 7) is 1.35. The van der Waals surface area contributed by atoms with Gasteiger partial charge in [-0.05, 0) is 31.2 Å². The molecule has 0 saturated carbocycles. The van der Waals surface area contributed by atoms with Crippen LogP contribution in [0.1, 0.15) is 21.7 Å². The highest BCUT2D eigenvalue weighted by Gasteiger charge is 2.16. The first-order valence-electron chi connectivity index (χ1n) is 7.41. The summed E-state index contributed by atoms with van der Waals surface area (Å²) in [5, 5.41) is 4.49. The molecule has 1 heterocycles. The second-order valence-corrected chi connectivity index (χ2v) is 5.09. The fourth-order valence-corrected chi connectivity index (χ4v) is 1.98. The number of urea groups is 1. The summed E-state index contributed by atoms with van der Waals surface area (Å²) in [7, 11) is 1.43. The van der Waals surface area contributed by atoms with Crippen LogP contribution in [0.4, 0.5) is 4.79 Å². The zero-order chi connectivity index (χ0) is 18.2. The Morgan fingerprint density at radius 1 is 1.20 bits per heavy atom. The molecule has 0 saturated heterocycles. The number of ether oxygens (including phenoxy) is 2. The van der Waals surface area contributed by atoms with E-state index >= 15 is 0 Å². The standard InChI is InChI=1S/C17H18N2O6/c1-11-5-6-14(23-2)13(8-11)16(21)25-10-15(20)19-17(22)18-9-12-4-3-7-24-12/h3-8H,9-10H2,1-2H3,(H2,18,19,20,22). The Labute approximate surface area is 144 Å². The van der Waals surface area contributed by atoms with E-state index in [-0.39, 0.29) is 12.1 Å². The van der Waals surface area contributed by atoms with Gasteiger partial charge in [0.2, 0.25) is 0 Å². The molecule has 2 rings (SSSR count). The maximum Gasteiger partial charge on any atom is 0.342 e. The van der Waals surface area contributed by atoms with Crippen molar-refractivity contribution in [1.29, 1.82) is 0 Å². The molecule has 132 valence electrons. The molecule has 8 heteroatoms. The third-order valence-corrected chi connectivity index (χ3v) is 3.17. The number of furan rings is 1. The van der Waals surface area contributed by atoms with E-state index in [1.165, 1.54) is 13.4 Å². The van der Waals surface area contributed by atoms with Gasteiger partial charge in [-0.25, -0.2) is 9.59 Å². The molecule has 0 aliphatic carbocycles. The van der Waals surface area contributed by atoms with Gasteiger partial charge in [0.15, 0.2) is 6.61 Å². The SMILES string of the molecule is COc1ccc(C)cc1C(=O)OCC(=O)NC(=O)NCc1ccco1. The van der Waals surface area contributed by atoms with Gasteiger partial charge in [-0.3, -0.25) is 10.1 Å². The number of carbonyl (C=O) groups excluding carboxylic acids is 3. The number of carbonyl (C=O) groups is 3. The van der Waals surface area contributed by atoms with E-state index in [1.807, 2.05) is 6.92 Å². The molecule has 0 aliphatic rings. The molecule has 2 N–H and O–H groups in total. The molecule has 3 amide bonds. The number of amides is 3. The molecule has 1 aromatic carbocycles. The van der Waals surface area contributed by atoms with Crippen LogP contribution in [-0.2, 0) is 16.1 Å². The van der Waals surface area contributed by atoms with Crippen LogP contribution in [0.2, 0.25) is 0 Å². The van der Waals surface area contributed by atoms with Crippen molar-refractivity contribution in [2.24, 2.45) is 0 Å². The van der Waals surface area contributed by atoms with E-state index in [1.54, 1.807) is 30.3 Å². The van der Waals surface area contributed by atoms with E-state index in [4.69, 9.17) is 13.9 Å². The summed E-state index contributed by atoms with van der Waals surface area (Å²) in [5.74, 6) is -0.587. The predicted octanol–water partition coefficient (Wildman–Crippen LogP) is 1.78. The van der Waals surface area contributed by atoms with Crippen molar-refractivity contribution in [3.05, 3.63) is 53.5 Å². The molecule has 25 heavy (non-hydrogen) atoms. The Morgan fingerprint density at radius 2 is 2.00 bits per heavy atom. The highest BCUT2D eigenvalue weighted by atomic mass is 16.5. The molecular formula is C17H18N2O6. The van der Waals surface area contributed by atoms with Crippen molar-refractivity contribution < 1.29 is 28.3 Å². The molecule has 2 aromatic rings. The summed E-state index contributed by atoms with van der Waals surface area (Å²) < 4.78 is 15.0. The van der Waals surface area contributed by atoms with Gasteiger partial charge in [-0.1, -0.05) is 11.6 Å². The van der Waals surface area contributed by atoms with Crippen LogP contribution >= 0.6 is 0 Å². The summed E-state index contributed by atoms with van der Waals surface area (Å²) in [5.41, 5.74) is 1.05. The number of imide groups is 1. The highest BCUT2D eigenvalue weighted by Crippen LogP contribution is 2.20. The zero-order valence-electron chi connectivity index (χ0n) is 13.8. The third-order valence-electron chi connectivity index (χ3n) is 3.17. The van der Waals surface area contributed by atoms with Crippen molar-refractivity contribution >= 4 is 17.9 Å². The van der Waals surface area contributed by atoms with Crippen LogP contribution in [0.3, 0.4) is 0 Å². The van der Waals surface area contributed by atoms with Gasteiger partial charge < -0.3 is 19.2 Å². The fraction of sp³-hybridized carbons (Fsp3) is 0.235. The largest absolute Gasteiger partial charge is 0.496 e. The molecule has 0 spiro atoms. The van der Waals surface area contributed by atoms with Crippen LogP contribution in [0, 0.1) is 6.92 Å². The highest BCUT2D eigenvalue weighted by molar-refractivity contribution is 5.97. The van der Waals surface area contributed by atoms with Crippen LogP contribution in [-0.4, -0.2) is 31.6 Å². The third kappa shape index (κ3) is 5.38. The maximum atomic E-state index is 12.1. The Kier molecular flexibility index (Phi) is 6.16. The quantitative estimate of drug-likeness (QED) is 0.772. The average Bonchev–Trinajstić information content (AvgIpc) is 3.11. The summed E-state index contributed by atoms with van der Waals surface area (Å²) >= 11 is 0. The summed E-state index contributed by atoms with van der Waals surface area (Å²) in [6.07, 6.45) is 1.47. The number of nitrogens with one attached hydrogen (secondary N) is 2. The van der Waals surface area contributed by atoms with Gasteiger partial charge >= 0.3 is 12.0 Å². The number of methoxy groups -OCH3 is 1. The van der Waals surface area contributed by atoms with Gasteiger partial charge in [0.1, 0.15) is 17.1 Å². The molecule has 0 aliphatic heterocycles. The normalized spacial score (nSPS) is 10.0. The van der Waals surface area contributed by atoms with Crippen LogP contribution in [0.15, 0.2) is 41.0 Å². The molecular weight excluding hydrogens is 328 g/mol. The van der Waals surface area contributed by atoms with Gasteiger partial charge in [-0.15, -0.1) is 0 Å². The molecule has 0 radical (unpaired) electrons. The van der Waals surface area contributed by atoms with Crippen molar-refractivity contribution in [3.8, 4) is 5.75 Å². The Morgan fingerprint density at radius 3 is 2.68 bits per heavy atom. The minimum Gasteiger partial charge on any atom is -0.496 e. The number of esters is 1. The number of hydrogen-bond donors (Lipinski definition) is 2. The monoisotopic (exact) mass is 346 g/mol. The van der Waals surface area contributed by atoms with Crippen molar-refractivity contribution in [3.63, 3.8) is 0 Å². The van der Waals surface area contributed by atoms with Gasteiger partial charge in [0.25, 0.3) is 5.91 Å². The lowest BCUT2D eigenvalue weighted by atomic mass is 10.1. The van der Waals surface area contributed by atoms with Crippen LogP contribution in [0.5, 0.6) is 5.75 Å². The number of benzene rings is 1. The van der Waals surface area contributed by atoms with Crippen molar-refractivity contribution in [2.75, 3.05) is 13.7 Å². The van der Waals surface area contributed by atoms with E-state index in [0.29, 0.717) is 11.5 Å². The summed E-state index contributed by atoms with van der Waals surface area (Å²) in [6, 6.07) is 7.65. The second-order valence-electron chi connectivity index (χ2n) is 5.09. The molecule has 0 bridgehead atoms. The second kappa shape index (κ2) is 8.53. The molecule has 0 atom stereocenters. The van der Waals surface area contributed by atoms with Crippen molar-refractivity contribution in [1.82, 2.24) is 10.6 Å². The van der Waals surface area contributed by atoms with Gasteiger partial charge in [0, 0.05) is 0 Å². The smallest absolute Gasteiger partial charge is 0.342 e. The Hall–Kier alpha value is -3.29. The predicted molar refractivity (Wildman–Crippen MR) is 87.1 cm³/mol. The minimum absolute atomic E-state index is 0.131. The zero-order valence-corrected chi connectivity index (χ0v) is 13.8. The number of aryl methyl sites for hydroxylation is 1. The van der Waals surface area contributed by atoms with Crippen LogP contribution < -0.4 is 15.4 Å². The molecule has 0 unspecified atom stereocenters. The lowest BCUT2D eigenvalue weighted by molar-refractivity contribution is -0.123. The first-order valence-corrected chi connectivity index (χ1v) is 7.41. The molecule has 1 aromatic heterocycles. The van der Waals surface area contributed by atoms with Crippen molar-refractivity contribution in [2.45, 2.75) is 13.5 Å². The van der Waals surface area contributed by atoms with Gasteiger partial charge in [-0.2, -0.15) is 0 Å². The van der Waals surface area contributed by atoms with E-state index in [9.17, 15) is 14.4 Å². The van der Waals surface area contributed by atoms with Gasteiger partial charge in [0.05, 0.1) is 19.9 Å². The lowest BCUT2D eigenvalue weighted by Crippen LogP contribution is -2.41. The maximum absolute atomic E-state index is 12.1. The van der Waals surface area contributed by atoms with E-state index in [2.05, 4.69) is 10.6 Å². The van der Waals surface area contributed by atoms with E-state index < -0.39 is 24.5 Å². The number of rotatable bonds is 6. The molecule has 8 nitrogen and oxygen atoms in total. The first kappa shape index (κ1) is 18.1. The van der Waals surface area contributed by atoms with E-state index in [0.717, 1.165) is 5.56 Å².